The van der Waals surface area contributed by atoms with Crippen LogP contribution < -0.4 is 5.73 Å². The predicted octanol–water partition coefficient (Wildman–Crippen LogP) is 0.717. The molecule has 0 amide bonds. The molecule has 2 unspecified atom stereocenters. The number of aliphatic hydroxyl groups excluding tert-OH is 1. The number of nitrogens with two attached hydrogens (primary N) is 1. The van der Waals surface area contributed by atoms with Crippen LogP contribution in [0.5, 0.6) is 0 Å². The minimum absolute atomic E-state index is 0.111. The maximum absolute atomic E-state index is 9.30. The van der Waals surface area contributed by atoms with Crippen molar-refractivity contribution in [3.8, 4) is 0 Å². The lowest BCUT2D eigenvalue weighted by molar-refractivity contribution is 0.173. The van der Waals surface area contributed by atoms with Crippen LogP contribution in [-0.2, 0) is 0 Å². The zero-order valence-corrected chi connectivity index (χ0v) is 5.45. The van der Waals surface area contributed by atoms with Crippen LogP contribution in [0.3, 0.4) is 0 Å². The summed E-state index contributed by atoms with van der Waals surface area (Å²) in [5.74, 6) is 0.743. The highest BCUT2D eigenvalue weighted by Crippen LogP contribution is 2.37. The Bertz CT molecular complexity index is 221. The van der Waals surface area contributed by atoms with Gasteiger partial charge in [0.15, 0.2) is 0 Å². The van der Waals surface area contributed by atoms with Gasteiger partial charge in [0, 0.05) is 5.56 Å². The quantitative estimate of drug-likeness (QED) is 0.556. The number of fused-ring (bicyclic) bond motifs is 1. The Morgan fingerprint density at radius 2 is 2.50 bits per heavy atom. The van der Waals surface area contributed by atoms with Crippen molar-refractivity contribution in [1.82, 2.24) is 0 Å². The summed E-state index contributed by atoms with van der Waals surface area (Å²) in [6.45, 7) is 0. The van der Waals surface area contributed by atoms with E-state index in [9.17, 15) is 5.11 Å². The number of aliphatic hydroxyl groups is 1. The fraction of sp³-hybridized carbons (Fsp3) is 0.429. The molecule has 0 saturated heterocycles. The molecule has 0 bridgehead atoms. The Balaban J connectivity index is 2.48. The summed E-state index contributed by atoms with van der Waals surface area (Å²) in [6.07, 6.45) is 1.74. The van der Waals surface area contributed by atoms with E-state index in [1.807, 2.05) is 0 Å². The van der Waals surface area contributed by atoms with Crippen molar-refractivity contribution in [2.75, 3.05) is 0 Å². The first-order valence-electron chi connectivity index (χ1n) is 3.30. The van der Waals surface area contributed by atoms with E-state index < -0.39 is 6.10 Å². The third-order valence-corrected chi connectivity index (χ3v) is 1.90. The molecule has 0 aromatic carbocycles. The zero-order chi connectivity index (χ0) is 7.14. The summed E-state index contributed by atoms with van der Waals surface area (Å²) < 4.78 is 5.07. The van der Waals surface area contributed by atoms with Gasteiger partial charge < -0.3 is 15.3 Å². The van der Waals surface area contributed by atoms with Crippen molar-refractivity contribution in [2.45, 2.75) is 18.6 Å². The van der Waals surface area contributed by atoms with Crippen molar-refractivity contribution in [3.63, 3.8) is 0 Å². The fourth-order valence-corrected chi connectivity index (χ4v) is 1.38. The molecular formula is C7H9NO2. The minimum Gasteiger partial charge on any atom is -0.467 e. The highest BCUT2D eigenvalue weighted by Gasteiger charge is 2.29. The van der Waals surface area contributed by atoms with Crippen LogP contribution in [0.15, 0.2) is 16.7 Å². The number of hydrogen-bond donors (Lipinski definition) is 2. The first-order valence-corrected chi connectivity index (χ1v) is 3.30. The number of furan rings is 1. The zero-order valence-electron chi connectivity index (χ0n) is 5.45. The monoisotopic (exact) mass is 139 g/mol. The van der Waals surface area contributed by atoms with Crippen molar-refractivity contribution in [3.05, 3.63) is 23.7 Å². The first kappa shape index (κ1) is 5.95. The van der Waals surface area contributed by atoms with E-state index in [0.717, 1.165) is 11.3 Å². The van der Waals surface area contributed by atoms with Gasteiger partial charge in [-0.1, -0.05) is 0 Å². The van der Waals surface area contributed by atoms with Gasteiger partial charge in [0.2, 0.25) is 0 Å². The van der Waals surface area contributed by atoms with Gasteiger partial charge >= 0.3 is 0 Å². The van der Waals surface area contributed by atoms with Crippen LogP contribution in [-0.4, -0.2) is 5.11 Å². The van der Waals surface area contributed by atoms with E-state index in [4.69, 9.17) is 10.2 Å². The predicted molar refractivity (Wildman–Crippen MR) is 35.2 cm³/mol. The molecule has 2 rings (SSSR count). The summed E-state index contributed by atoms with van der Waals surface area (Å²) in [4.78, 5) is 0. The van der Waals surface area contributed by atoms with Gasteiger partial charge in [0.1, 0.15) is 5.76 Å². The van der Waals surface area contributed by atoms with Gasteiger partial charge in [-0.15, -0.1) is 0 Å². The summed E-state index contributed by atoms with van der Waals surface area (Å²) in [5, 5.41) is 9.30. The van der Waals surface area contributed by atoms with Gasteiger partial charge in [-0.25, -0.2) is 0 Å². The van der Waals surface area contributed by atoms with E-state index in [1.165, 1.54) is 0 Å². The van der Waals surface area contributed by atoms with Gasteiger partial charge in [-0.05, 0) is 12.5 Å². The van der Waals surface area contributed by atoms with Crippen LogP contribution in [0.2, 0.25) is 0 Å². The lowest BCUT2D eigenvalue weighted by Gasteiger charge is -1.99. The number of hydrogen-bond acceptors (Lipinski definition) is 3. The molecule has 3 nitrogen and oxygen atoms in total. The second kappa shape index (κ2) is 1.84. The van der Waals surface area contributed by atoms with E-state index >= 15 is 0 Å². The molecule has 0 spiro atoms. The molecule has 1 aromatic heterocycles. The second-order valence-corrected chi connectivity index (χ2v) is 2.60. The van der Waals surface area contributed by atoms with Crippen molar-refractivity contribution >= 4 is 0 Å². The molecule has 0 radical (unpaired) electrons. The molecular weight excluding hydrogens is 130 g/mol. The molecule has 3 heteroatoms. The minimum atomic E-state index is -0.413. The van der Waals surface area contributed by atoms with E-state index in [-0.39, 0.29) is 6.04 Å². The summed E-state index contributed by atoms with van der Waals surface area (Å²) in [5.41, 5.74) is 6.48. The molecule has 1 aliphatic rings. The molecule has 0 saturated carbocycles. The SMILES string of the molecule is NC1CC(O)c2ccoc21. The van der Waals surface area contributed by atoms with Crippen LogP contribution >= 0.6 is 0 Å². The third kappa shape index (κ3) is 0.616. The normalized spacial score (nSPS) is 30.6. The smallest absolute Gasteiger partial charge is 0.126 e. The molecule has 1 aliphatic carbocycles. The Hall–Kier alpha value is -0.800. The maximum Gasteiger partial charge on any atom is 0.126 e. The Morgan fingerprint density at radius 1 is 1.70 bits per heavy atom. The maximum atomic E-state index is 9.30. The molecule has 10 heavy (non-hydrogen) atoms. The van der Waals surface area contributed by atoms with Crippen LogP contribution in [0.25, 0.3) is 0 Å². The average molecular weight is 139 g/mol. The molecule has 54 valence electrons. The second-order valence-electron chi connectivity index (χ2n) is 2.60. The Kier molecular flexibility index (Phi) is 1.09. The van der Waals surface area contributed by atoms with Gasteiger partial charge in [0.05, 0.1) is 18.4 Å². The van der Waals surface area contributed by atoms with Crippen molar-refractivity contribution in [1.29, 1.82) is 0 Å². The Labute approximate surface area is 58.4 Å². The molecule has 1 heterocycles. The van der Waals surface area contributed by atoms with Gasteiger partial charge in [-0.3, -0.25) is 0 Å². The summed E-state index contributed by atoms with van der Waals surface area (Å²) >= 11 is 0. The lowest BCUT2D eigenvalue weighted by Crippen LogP contribution is -2.04. The van der Waals surface area contributed by atoms with E-state index in [1.54, 1.807) is 12.3 Å². The topological polar surface area (TPSA) is 59.4 Å². The summed E-state index contributed by atoms with van der Waals surface area (Å²) in [7, 11) is 0. The molecule has 0 fully saturated rings. The van der Waals surface area contributed by atoms with Gasteiger partial charge in [-0.2, -0.15) is 0 Å². The number of rotatable bonds is 0. The molecule has 3 N–H and O–H groups in total. The largest absolute Gasteiger partial charge is 0.467 e. The standard InChI is InChI=1S/C7H9NO2/c8-5-3-6(9)4-1-2-10-7(4)5/h1-2,5-6,9H,3,8H2. The van der Waals surface area contributed by atoms with Gasteiger partial charge in [0.25, 0.3) is 0 Å². The fourth-order valence-electron chi connectivity index (χ4n) is 1.38. The highest BCUT2D eigenvalue weighted by molar-refractivity contribution is 5.27. The molecule has 2 atom stereocenters. The lowest BCUT2D eigenvalue weighted by atomic mass is 10.2. The third-order valence-electron chi connectivity index (χ3n) is 1.90. The van der Waals surface area contributed by atoms with E-state index in [0.29, 0.717) is 6.42 Å². The highest BCUT2D eigenvalue weighted by atomic mass is 16.3. The van der Waals surface area contributed by atoms with E-state index in [2.05, 4.69) is 0 Å². The average Bonchev–Trinajstić information content (AvgIpc) is 2.39. The Morgan fingerprint density at radius 3 is 3.20 bits per heavy atom. The van der Waals surface area contributed by atoms with Crippen molar-refractivity contribution < 1.29 is 9.52 Å². The summed E-state index contributed by atoms with van der Waals surface area (Å²) in [6, 6.07) is 1.66. The van der Waals surface area contributed by atoms with Crippen LogP contribution in [0.1, 0.15) is 29.9 Å². The van der Waals surface area contributed by atoms with Crippen molar-refractivity contribution in [2.24, 2.45) is 5.73 Å². The molecule has 1 aromatic rings. The van der Waals surface area contributed by atoms with Crippen LogP contribution in [0, 0.1) is 0 Å². The first-order chi connectivity index (χ1) is 4.79. The van der Waals surface area contributed by atoms with Crippen LogP contribution in [0.4, 0.5) is 0 Å². The molecule has 0 aliphatic heterocycles.